The van der Waals surface area contributed by atoms with Crippen LogP contribution in [0, 0.1) is 0 Å². The Hall–Kier alpha value is -4.89. The van der Waals surface area contributed by atoms with Crippen LogP contribution in [0.1, 0.15) is 29.7 Å². The molecule has 0 atom stereocenters. The first kappa shape index (κ1) is 43.8. The van der Waals surface area contributed by atoms with Crippen molar-refractivity contribution in [3.8, 4) is 11.5 Å². The Bertz CT molecular complexity index is 2180. The molecule has 0 unspecified atom stereocenters. The van der Waals surface area contributed by atoms with Crippen LogP contribution in [-0.2, 0) is 55.8 Å². The summed E-state index contributed by atoms with van der Waals surface area (Å²) in [4.78, 5) is -1.39. The van der Waals surface area contributed by atoms with Crippen molar-refractivity contribution in [1.82, 2.24) is 0 Å². The summed E-state index contributed by atoms with van der Waals surface area (Å²) in [7, 11) is -11.6. The van der Waals surface area contributed by atoms with E-state index in [1.54, 1.807) is 30.3 Å². The first-order valence-corrected chi connectivity index (χ1v) is 18.8. The van der Waals surface area contributed by atoms with Crippen LogP contribution in [0.25, 0.3) is 0 Å². The molecule has 0 spiro atoms. The van der Waals surface area contributed by atoms with Crippen molar-refractivity contribution in [3.63, 3.8) is 0 Å². The molecular weight excluding hydrogens is 841 g/mol. The summed E-state index contributed by atoms with van der Waals surface area (Å²) < 4.78 is 221. The Morgan fingerprint density at radius 3 is 0.929 bits per heavy atom. The van der Waals surface area contributed by atoms with Gasteiger partial charge in [-0.15, -0.1) is 0 Å². The van der Waals surface area contributed by atoms with E-state index in [1.807, 2.05) is 0 Å². The number of hydrogen-bond donors (Lipinski definition) is 0. The molecule has 5 rings (SSSR count). The molecule has 0 aliphatic rings. The molecule has 5 aromatic carbocycles. The molecule has 0 fully saturated rings. The van der Waals surface area contributed by atoms with Crippen LogP contribution < -0.4 is 8.37 Å². The van der Waals surface area contributed by atoms with Crippen LogP contribution in [0.4, 0.5) is 52.7 Å². The number of benzene rings is 5. The minimum Gasteiger partial charge on any atom is -0.379 e. The van der Waals surface area contributed by atoms with Gasteiger partial charge in [0.1, 0.15) is 21.3 Å². The van der Waals surface area contributed by atoms with Gasteiger partial charge in [0.25, 0.3) is 0 Å². The van der Waals surface area contributed by atoms with E-state index in [9.17, 15) is 69.5 Å². The summed E-state index contributed by atoms with van der Waals surface area (Å²) in [6.07, 6.45) is -21.3. The maximum absolute atomic E-state index is 13.3. The Morgan fingerprint density at radius 2 is 0.661 bits per heavy atom. The zero-order valence-electron chi connectivity index (χ0n) is 26.7. The second kappa shape index (κ2) is 15.6. The van der Waals surface area contributed by atoms with Crippen LogP contribution >= 0.6 is 0 Å². The lowest BCUT2D eigenvalue weighted by atomic mass is 10.1. The Labute approximate surface area is 313 Å². The third-order valence-corrected chi connectivity index (χ3v) is 11.9. The van der Waals surface area contributed by atoms with Crippen molar-refractivity contribution < 1.29 is 77.9 Å². The van der Waals surface area contributed by atoms with E-state index in [0.29, 0.717) is 14.7 Å². The van der Waals surface area contributed by atoms with Gasteiger partial charge in [-0.1, -0.05) is 25.6 Å². The lowest BCUT2D eigenvalue weighted by Crippen LogP contribution is -2.16. The van der Waals surface area contributed by atoms with Gasteiger partial charge in [-0.05, 0) is 97.1 Å². The predicted octanol–water partition coefficient (Wildman–Crippen LogP) is 11.0. The van der Waals surface area contributed by atoms with Gasteiger partial charge in [-0.3, -0.25) is 0 Å². The maximum Gasteiger partial charge on any atom is 0.416 e. The van der Waals surface area contributed by atoms with Crippen LogP contribution in [0.5, 0.6) is 11.5 Å². The Balaban J connectivity index is 0.00000696. The number of alkyl halides is 12. The monoisotopic (exact) mass is 863 g/mol. The van der Waals surface area contributed by atoms with E-state index in [0.717, 1.165) is 24.3 Å². The molecule has 0 amide bonds. The quantitative estimate of drug-likeness (QED) is 0.0833. The highest BCUT2D eigenvalue weighted by Gasteiger charge is 2.40. The fraction of sp³-hybridized carbons (Fsp3) is 0.143. The van der Waals surface area contributed by atoms with Gasteiger partial charge in [-0.2, -0.15) is 69.5 Å². The fourth-order valence-electron chi connectivity index (χ4n) is 4.72. The van der Waals surface area contributed by atoms with Gasteiger partial charge in [0.15, 0.2) is 14.7 Å². The summed E-state index contributed by atoms with van der Waals surface area (Å²) in [5.41, 5.74) is -7.53. The van der Waals surface area contributed by atoms with Crippen LogP contribution in [0.15, 0.2) is 140 Å². The van der Waals surface area contributed by atoms with E-state index in [2.05, 4.69) is 0 Å². The highest BCUT2D eigenvalue weighted by Crippen LogP contribution is 2.40. The summed E-state index contributed by atoms with van der Waals surface area (Å²) in [5, 5.41) is 0. The zero-order chi connectivity index (χ0) is 40.8. The summed E-state index contributed by atoms with van der Waals surface area (Å²) in [5.74, 6) is -0.993. The van der Waals surface area contributed by atoms with Gasteiger partial charge in [0.2, 0.25) is 0 Å². The average Bonchev–Trinajstić information content (AvgIpc) is 3.08. The van der Waals surface area contributed by atoms with Crippen molar-refractivity contribution in [2.45, 2.75) is 56.6 Å². The number of rotatable bonds is 9. The molecular formula is C35H23F12O6S3+. The Kier molecular flexibility index (Phi) is 12.2. The van der Waals surface area contributed by atoms with Crippen LogP contribution in [0.3, 0.4) is 0 Å². The second-order valence-electron chi connectivity index (χ2n) is 11.1. The average molecular weight is 864 g/mol. The lowest BCUT2D eigenvalue weighted by Gasteiger charge is -2.15. The van der Waals surface area contributed by atoms with E-state index in [-0.39, 0.29) is 43.8 Å². The molecule has 56 heavy (non-hydrogen) atoms. The third-order valence-electron chi connectivity index (χ3n) is 7.21. The van der Waals surface area contributed by atoms with E-state index >= 15 is 0 Å². The van der Waals surface area contributed by atoms with Crippen molar-refractivity contribution in [1.29, 1.82) is 0 Å². The van der Waals surface area contributed by atoms with E-state index in [4.69, 9.17) is 8.37 Å². The molecule has 0 aliphatic carbocycles. The zero-order valence-corrected chi connectivity index (χ0v) is 29.1. The molecule has 0 heterocycles. The maximum atomic E-state index is 13.3. The summed E-state index contributed by atoms with van der Waals surface area (Å²) in [6, 6.07) is 17.4. The van der Waals surface area contributed by atoms with Crippen molar-refractivity contribution in [3.05, 3.63) is 138 Å². The lowest BCUT2D eigenvalue weighted by molar-refractivity contribution is -0.145. The van der Waals surface area contributed by atoms with Crippen molar-refractivity contribution >= 4 is 31.1 Å². The van der Waals surface area contributed by atoms with Gasteiger partial charge < -0.3 is 8.37 Å². The normalized spacial score (nSPS) is 12.9. The van der Waals surface area contributed by atoms with Gasteiger partial charge in [0.05, 0.1) is 33.1 Å². The van der Waals surface area contributed by atoms with Gasteiger partial charge in [0, 0.05) is 0 Å². The number of halogens is 12. The first-order chi connectivity index (χ1) is 25.2. The summed E-state index contributed by atoms with van der Waals surface area (Å²) >= 11 is 0. The minimum absolute atomic E-state index is 0. The standard InChI is InChI=1S/C34H19F12O6S3.CH4/c35-31(36,37)20-14-21(32(38,39)40)17-29(16-20)54(47,48)51-24-6-10-27(11-7-24)53(26-4-2-1-3-5-26)28-12-8-25(9-13-28)52-55(49,50)30-18-22(33(41,42)43)15-23(19-30)34(44,45)46;/h1-19H;1H4/q+1;. The predicted molar refractivity (Wildman–Crippen MR) is 177 cm³/mol. The highest BCUT2D eigenvalue weighted by molar-refractivity contribution is 7.97. The SMILES string of the molecule is C.O=S(=O)(Oc1ccc([S+](c2ccccc2)c2ccc(OS(=O)(=O)c3cc(C(F)(F)F)cc(C(F)(F)F)c3)cc2)cc1)c1cc(C(F)(F)F)cc(C(F)(F)F)c1. The largest absolute Gasteiger partial charge is 0.416 e. The van der Waals surface area contributed by atoms with Crippen LogP contribution in [0.2, 0.25) is 0 Å². The molecule has 5 aromatic rings. The molecule has 0 bridgehead atoms. The second-order valence-corrected chi connectivity index (χ2v) is 16.2. The molecule has 0 aliphatic heterocycles. The Morgan fingerprint density at radius 1 is 0.393 bits per heavy atom. The molecule has 0 saturated carbocycles. The molecule has 0 saturated heterocycles. The first-order valence-electron chi connectivity index (χ1n) is 14.7. The highest BCUT2D eigenvalue weighted by atomic mass is 32.2. The molecule has 300 valence electrons. The van der Waals surface area contributed by atoms with Crippen molar-refractivity contribution in [2.75, 3.05) is 0 Å². The number of hydrogen-bond acceptors (Lipinski definition) is 6. The molecule has 0 aromatic heterocycles. The molecule has 21 heteroatoms. The minimum atomic E-state index is -5.33. The molecule has 0 radical (unpaired) electrons. The summed E-state index contributed by atoms with van der Waals surface area (Å²) in [6.45, 7) is 0. The molecule has 6 nitrogen and oxygen atoms in total. The molecule has 0 N–H and O–H groups in total. The fourth-order valence-corrected chi connectivity index (χ4v) is 8.79. The van der Waals surface area contributed by atoms with Gasteiger partial charge >= 0.3 is 44.9 Å². The third kappa shape index (κ3) is 10.3. The van der Waals surface area contributed by atoms with Gasteiger partial charge in [-0.25, -0.2) is 0 Å². The van der Waals surface area contributed by atoms with Crippen molar-refractivity contribution in [2.24, 2.45) is 0 Å². The topological polar surface area (TPSA) is 86.7 Å². The smallest absolute Gasteiger partial charge is 0.379 e. The van der Waals surface area contributed by atoms with E-state index in [1.165, 1.54) is 24.3 Å². The van der Waals surface area contributed by atoms with E-state index < -0.39 is 99.4 Å². The van der Waals surface area contributed by atoms with Crippen LogP contribution in [-0.4, -0.2) is 16.8 Å².